The molecule has 0 atom stereocenters. The van der Waals surface area contributed by atoms with Crippen LogP contribution in [0.1, 0.15) is 32.2 Å². The lowest BCUT2D eigenvalue weighted by Gasteiger charge is -2.17. The smallest absolute Gasteiger partial charge is 0.255 e. The van der Waals surface area contributed by atoms with E-state index in [-0.39, 0.29) is 11.0 Å². The number of aromatic nitrogens is 2. The highest BCUT2D eigenvalue weighted by Gasteiger charge is 2.18. The van der Waals surface area contributed by atoms with Crippen LogP contribution in [0.2, 0.25) is 0 Å². The summed E-state index contributed by atoms with van der Waals surface area (Å²) in [6.07, 6.45) is 0. The van der Waals surface area contributed by atoms with Crippen LogP contribution in [0.3, 0.4) is 0 Å². The fraction of sp³-hybridized carbons (Fsp3) is 0.556. The molecule has 0 aliphatic heterocycles. The van der Waals surface area contributed by atoms with E-state index in [9.17, 15) is 4.79 Å². The normalized spacial score (nSPS) is 11.7. The quantitative estimate of drug-likeness (QED) is 0.626. The van der Waals surface area contributed by atoms with Gasteiger partial charge in [-0.05, 0) is 6.92 Å². The average molecular weight is 181 g/mol. The second-order valence-electron chi connectivity index (χ2n) is 4.17. The van der Waals surface area contributed by atoms with Crippen molar-refractivity contribution in [1.29, 1.82) is 0 Å². The first-order valence-electron chi connectivity index (χ1n) is 4.19. The Kier molecular flexibility index (Phi) is 2.15. The lowest BCUT2D eigenvalue weighted by Crippen LogP contribution is -2.24. The maximum absolute atomic E-state index is 11.3. The van der Waals surface area contributed by atoms with Crippen molar-refractivity contribution < 1.29 is 0 Å². The summed E-state index contributed by atoms with van der Waals surface area (Å²) in [6, 6.07) is 0. The van der Waals surface area contributed by atoms with E-state index in [1.165, 1.54) is 0 Å². The first-order valence-corrected chi connectivity index (χ1v) is 4.19. The molecule has 1 rings (SSSR count). The molecule has 0 radical (unpaired) electrons. The van der Waals surface area contributed by atoms with Gasteiger partial charge in [-0.2, -0.15) is 0 Å². The van der Waals surface area contributed by atoms with E-state index in [4.69, 9.17) is 5.73 Å². The number of nitrogens with zero attached hydrogens (tertiary/aromatic N) is 1. The van der Waals surface area contributed by atoms with Gasteiger partial charge in [0.15, 0.2) is 0 Å². The Balaban J connectivity index is 3.38. The molecule has 13 heavy (non-hydrogen) atoms. The topological polar surface area (TPSA) is 71.8 Å². The molecule has 1 heterocycles. The molecular formula is C9H15N3O. The van der Waals surface area contributed by atoms with Crippen LogP contribution in [-0.4, -0.2) is 9.97 Å². The minimum atomic E-state index is -0.180. The Hall–Kier alpha value is -1.32. The molecule has 0 saturated heterocycles. The van der Waals surface area contributed by atoms with Crippen molar-refractivity contribution in [1.82, 2.24) is 9.97 Å². The van der Waals surface area contributed by atoms with Crippen LogP contribution in [0.25, 0.3) is 0 Å². The van der Waals surface area contributed by atoms with Crippen molar-refractivity contribution in [3.05, 3.63) is 21.7 Å². The predicted molar refractivity (Wildman–Crippen MR) is 52.7 cm³/mol. The zero-order valence-corrected chi connectivity index (χ0v) is 8.43. The molecule has 0 unspecified atom stereocenters. The molecule has 0 spiro atoms. The van der Waals surface area contributed by atoms with Crippen LogP contribution >= 0.6 is 0 Å². The van der Waals surface area contributed by atoms with E-state index in [2.05, 4.69) is 9.97 Å². The first-order chi connectivity index (χ1) is 5.82. The molecule has 1 aromatic rings. The summed E-state index contributed by atoms with van der Waals surface area (Å²) in [5.74, 6) is 0.939. The van der Waals surface area contributed by atoms with E-state index >= 15 is 0 Å². The molecule has 0 aliphatic carbocycles. The number of anilines is 1. The summed E-state index contributed by atoms with van der Waals surface area (Å²) in [6.45, 7) is 7.58. The van der Waals surface area contributed by atoms with Crippen LogP contribution in [0.4, 0.5) is 5.82 Å². The number of nitrogen functional groups attached to an aromatic ring is 1. The number of nitrogens with one attached hydrogen (secondary N) is 1. The van der Waals surface area contributed by atoms with E-state index in [1.807, 2.05) is 20.8 Å². The zero-order valence-electron chi connectivity index (χ0n) is 8.43. The lowest BCUT2D eigenvalue weighted by molar-refractivity contribution is 0.543. The molecule has 0 bridgehead atoms. The fourth-order valence-electron chi connectivity index (χ4n) is 0.905. The predicted octanol–water partition coefficient (Wildman–Crippen LogP) is 0.958. The molecule has 0 aliphatic rings. The highest BCUT2D eigenvalue weighted by atomic mass is 16.1. The van der Waals surface area contributed by atoms with Gasteiger partial charge >= 0.3 is 0 Å². The van der Waals surface area contributed by atoms with E-state index in [0.717, 1.165) is 0 Å². The van der Waals surface area contributed by atoms with Crippen molar-refractivity contribution in [3.63, 3.8) is 0 Å². The Morgan fingerprint density at radius 3 is 2.31 bits per heavy atom. The zero-order chi connectivity index (χ0) is 10.2. The van der Waals surface area contributed by atoms with Gasteiger partial charge in [0.25, 0.3) is 5.56 Å². The van der Waals surface area contributed by atoms with Crippen LogP contribution in [0.5, 0.6) is 0 Å². The van der Waals surface area contributed by atoms with Crippen molar-refractivity contribution in [2.75, 3.05) is 5.73 Å². The van der Waals surface area contributed by atoms with Crippen molar-refractivity contribution in [2.24, 2.45) is 0 Å². The minimum absolute atomic E-state index is 0.155. The van der Waals surface area contributed by atoms with Gasteiger partial charge in [0, 0.05) is 5.41 Å². The molecular weight excluding hydrogens is 166 g/mol. The summed E-state index contributed by atoms with van der Waals surface area (Å²) in [5, 5.41) is 0. The highest BCUT2D eigenvalue weighted by Crippen LogP contribution is 2.17. The van der Waals surface area contributed by atoms with Crippen LogP contribution < -0.4 is 11.3 Å². The van der Waals surface area contributed by atoms with Crippen LogP contribution in [0, 0.1) is 6.92 Å². The Morgan fingerprint density at radius 2 is 1.92 bits per heavy atom. The SMILES string of the molecule is Cc1c(N)nc(C(C)(C)C)[nH]c1=O. The number of nitrogens with two attached hydrogens (primary N) is 1. The first kappa shape index (κ1) is 9.77. The molecule has 72 valence electrons. The van der Waals surface area contributed by atoms with Crippen molar-refractivity contribution >= 4 is 5.82 Å². The summed E-state index contributed by atoms with van der Waals surface area (Å²) in [4.78, 5) is 18.2. The fourth-order valence-corrected chi connectivity index (χ4v) is 0.905. The molecule has 0 amide bonds. The Bertz CT molecular complexity index is 373. The third-order valence-electron chi connectivity index (χ3n) is 1.90. The van der Waals surface area contributed by atoms with Gasteiger partial charge in [-0.1, -0.05) is 20.8 Å². The largest absolute Gasteiger partial charge is 0.383 e. The molecule has 0 saturated carbocycles. The number of hydrogen-bond acceptors (Lipinski definition) is 3. The summed E-state index contributed by atoms with van der Waals surface area (Å²) in [7, 11) is 0. The van der Waals surface area contributed by atoms with Crippen LogP contribution in [-0.2, 0) is 5.41 Å². The molecule has 4 nitrogen and oxygen atoms in total. The standard InChI is InChI=1S/C9H15N3O/c1-5-6(10)11-8(9(2,3)4)12-7(5)13/h1-4H3,(H3,10,11,12,13). The lowest BCUT2D eigenvalue weighted by atomic mass is 9.95. The highest BCUT2D eigenvalue weighted by molar-refractivity contribution is 5.36. The maximum atomic E-state index is 11.3. The van der Waals surface area contributed by atoms with Gasteiger partial charge in [-0.25, -0.2) is 4.98 Å². The second-order valence-corrected chi connectivity index (χ2v) is 4.17. The molecule has 0 fully saturated rings. The molecule has 3 N–H and O–H groups in total. The third kappa shape index (κ3) is 1.88. The summed E-state index contributed by atoms with van der Waals surface area (Å²) >= 11 is 0. The summed E-state index contributed by atoms with van der Waals surface area (Å²) in [5.41, 5.74) is 5.73. The van der Waals surface area contributed by atoms with Crippen molar-refractivity contribution in [3.8, 4) is 0 Å². The van der Waals surface area contributed by atoms with Gasteiger partial charge in [0.2, 0.25) is 0 Å². The van der Waals surface area contributed by atoms with Crippen molar-refractivity contribution in [2.45, 2.75) is 33.1 Å². The minimum Gasteiger partial charge on any atom is -0.383 e. The Labute approximate surface area is 77.2 Å². The molecule has 0 aromatic carbocycles. The average Bonchev–Trinajstić information content (AvgIpc) is 1.97. The number of aromatic amines is 1. The third-order valence-corrected chi connectivity index (χ3v) is 1.90. The van der Waals surface area contributed by atoms with Crippen LogP contribution in [0.15, 0.2) is 4.79 Å². The second kappa shape index (κ2) is 2.87. The summed E-state index contributed by atoms with van der Waals surface area (Å²) < 4.78 is 0. The van der Waals surface area contributed by atoms with Gasteiger partial charge < -0.3 is 10.7 Å². The monoisotopic (exact) mass is 181 g/mol. The Morgan fingerprint density at radius 1 is 1.38 bits per heavy atom. The number of H-pyrrole nitrogens is 1. The molecule has 4 heteroatoms. The van der Waals surface area contributed by atoms with E-state index in [0.29, 0.717) is 17.2 Å². The molecule has 1 aromatic heterocycles. The number of rotatable bonds is 0. The van der Waals surface area contributed by atoms with Gasteiger partial charge in [0.05, 0.1) is 5.56 Å². The van der Waals surface area contributed by atoms with Gasteiger partial charge in [-0.3, -0.25) is 4.79 Å². The number of hydrogen-bond donors (Lipinski definition) is 2. The van der Waals surface area contributed by atoms with E-state index in [1.54, 1.807) is 6.92 Å². The van der Waals surface area contributed by atoms with E-state index < -0.39 is 0 Å². The van der Waals surface area contributed by atoms with Gasteiger partial charge in [-0.15, -0.1) is 0 Å². The maximum Gasteiger partial charge on any atom is 0.255 e. The van der Waals surface area contributed by atoms with Gasteiger partial charge in [0.1, 0.15) is 11.6 Å².